The van der Waals surface area contributed by atoms with Crippen molar-refractivity contribution < 1.29 is 9.59 Å². The lowest BCUT2D eigenvalue weighted by Crippen LogP contribution is -2.43. The van der Waals surface area contributed by atoms with Crippen LogP contribution in [0, 0.1) is 12.8 Å². The van der Waals surface area contributed by atoms with Crippen LogP contribution in [-0.2, 0) is 16.0 Å². The zero-order valence-electron chi connectivity index (χ0n) is 15.0. The first-order valence-corrected chi connectivity index (χ1v) is 9.21. The van der Waals surface area contributed by atoms with Gasteiger partial charge in [0.25, 0.3) is 0 Å². The number of piperidine rings is 1. The maximum Gasteiger partial charge on any atom is 0.226 e. The first-order valence-electron chi connectivity index (χ1n) is 9.21. The van der Waals surface area contributed by atoms with E-state index in [9.17, 15) is 9.59 Å². The Bertz CT molecular complexity index is 548. The molecule has 1 aromatic rings. The third-order valence-electron chi connectivity index (χ3n) is 4.90. The smallest absolute Gasteiger partial charge is 0.226 e. The molecule has 2 rings (SSSR count). The van der Waals surface area contributed by atoms with E-state index in [1.807, 2.05) is 36.1 Å². The highest BCUT2D eigenvalue weighted by atomic mass is 16.2. The Kier molecular flexibility index (Phi) is 7.29. The monoisotopic (exact) mass is 330 g/mol. The molecule has 1 fully saturated rings. The van der Waals surface area contributed by atoms with Crippen molar-refractivity contribution in [2.24, 2.45) is 5.92 Å². The SMILES string of the molecule is CCCCCNC(=O)C1CCN(C(=O)Cc2ccccc2C)CC1. The number of unbranched alkanes of at least 4 members (excludes halogenated alkanes) is 2. The molecule has 0 bridgehead atoms. The Balaban J connectivity index is 1.75. The topological polar surface area (TPSA) is 49.4 Å². The molecule has 1 heterocycles. The fraction of sp³-hybridized carbons (Fsp3) is 0.600. The molecule has 132 valence electrons. The van der Waals surface area contributed by atoms with E-state index in [4.69, 9.17) is 0 Å². The van der Waals surface area contributed by atoms with Crippen molar-refractivity contribution in [1.82, 2.24) is 10.2 Å². The summed E-state index contributed by atoms with van der Waals surface area (Å²) >= 11 is 0. The molecule has 0 spiro atoms. The highest BCUT2D eigenvalue weighted by Gasteiger charge is 2.27. The number of likely N-dealkylation sites (tertiary alicyclic amines) is 1. The van der Waals surface area contributed by atoms with E-state index in [1.54, 1.807) is 0 Å². The van der Waals surface area contributed by atoms with Gasteiger partial charge in [-0.1, -0.05) is 44.0 Å². The van der Waals surface area contributed by atoms with Crippen molar-refractivity contribution in [2.45, 2.75) is 52.4 Å². The number of hydrogen-bond donors (Lipinski definition) is 1. The molecule has 1 N–H and O–H groups in total. The van der Waals surface area contributed by atoms with Gasteiger partial charge in [-0.15, -0.1) is 0 Å². The van der Waals surface area contributed by atoms with Gasteiger partial charge < -0.3 is 10.2 Å². The number of carbonyl (C=O) groups is 2. The summed E-state index contributed by atoms with van der Waals surface area (Å²) in [5.74, 6) is 0.400. The molecule has 24 heavy (non-hydrogen) atoms. The van der Waals surface area contributed by atoms with E-state index in [2.05, 4.69) is 12.2 Å². The van der Waals surface area contributed by atoms with E-state index < -0.39 is 0 Å². The summed E-state index contributed by atoms with van der Waals surface area (Å²) in [6.07, 6.45) is 5.39. The third kappa shape index (κ3) is 5.36. The van der Waals surface area contributed by atoms with Crippen LogP contribution in [0.3, 0.4) is 0 Å². The van der Waals surface area contributed by atoms with Crippen LogP contribution < -0.4 is 5.32 Å². The summed E-state index contributed by atoms with van der Waals surface area (Å²) in [6, 6.07) is 8.03. The molecule has 1 saturated heterocycles. The third-order valence-corrected chi connectivity index (χ3v) is 4.90. The summed E-state index contributed by atoms with van der Waals surface area (Å²) in [5.41, 5.74) is 2.26. The molecule has 1 aliphatic rings. The molecule has 0 radical (unpaired) electrons. The van der Waals surface area contributed by atoms with Crippen molar-refractivity contribution in [3.63, 3.8) is 0 Å². The maximum atomic E-state index is 12.5. The van der Waals surface area contributed by atoms with E-state index >= 15 is 0 Å². The molecule has 0 aromatic heterocycles. The number of benzene rings is 1. The molecule has 1 aliphatic heterocycles. The van der Waals surface area contributed by atoms with Crippen LogP contribution in [0.4, 0.5) is 0 Å². The standard InChI is InChI=1S/C20H30N2O2/c1-3-4-7-12-21-20(24)17-10-13-22(14-11-17)19(23)15-18-9-6-5-8-16(18)2/h5-6,8-9,17H,3-4,7,10-15H2,1-2H3,(H,21,24). The predicted octanol–water partition coefficient (Wildman–Crippen LogP) is 3.08. The number of carbonyl (C=O) groups excluding carboxylic acids is 2. The maximum absolute atomic E-state index is 12.5. The molecular formula is C20H30N2O2. The van der Waals surface area contributed by atoms with Gasteiger partial charge in [0.15, 0.2) is 0 Å². The van der Waals surface area contributed by atoms with E-state index in [1.165, 1.54) is 0 Å². The van der Waals surface area contributed by atoms with Gasteiger partial charge in [-0.2, -0.15) is 0 Å². The second kappa shape index (κ2) is 9.45. The lowest BCUT2D eigenvalue weighted by Gasteiger charge is -2.31. The van der Waals surface area contributed by atoms with Gasteiger partial charge >= 0.3 is 0 Å². The molecule has 1 aromatic carbocycles. The minimum Gasteiger partial charge on any atom is -0.356 e. The molecule has 0 unspecified atom stereocenters. The highest BCUT2D eigenvalue weighted by Crippen LogP contribution is 2.19. The number of nitrogens with one attached hydrogen (secondary N) is 1. The average molecular weight is 330 g/mol. The van der Waals surface area contributed by atoms with Crippen LogP contribution in [0.25, 0.3) is 0 Å². The number of amides is 2. The first kappa shape index (κ1) is 18.5. The molecule has 0 aliphatic carbocycles. The fourth-order valence-corrected chi connectivity index (χ4v) is 3.21. The largest absolute Gasteiger partial charge is 0.356 e. The minimum atomic E-state index is 0.0640. The fourth-order valence-electron chi connectivity index (χ4n) is 3.21. The van der Waals surface area contributed by atoms with E-state index in [0.717, 1.165) is 49.8 Å². The highest BCUT2D eigenvalue weighted by molar-refractivity contribution is 5.81. The molecule has 0 atom stereocenters. The molecule has 4 heteroatoms. The second-order valence-corrected chi connectivity index (χ2v) is 6.76. The summed E-state index contributed by atoms with van der Waals surface area (Å²) in [7, 11) is 0. The lowest BCUT2D eigenvalue weighted by molar-refractivity contribution is -0.135. The van der Waals surface area contributed by atoms with Gasteiger partial charge in [0.2, 0.25) is 11.8 Å². The van der Waals surface area contributed by atoms with E-state index in [-0.39, 0.29) is 17.7 Å². The van der Waals surface area contributed by atoms with Crippen LogP contribution >= 0.6 is 0 Å². The van der Waals surface area contributed by atoms with Crippen molar-refractivity contribution >= 4 is 11.8 Å². The normalized spacial score (nSPS) is 15.3. The number of aryl methyl sites for hydroxylation is 1. The van der Waals surface area contributed by atoms with Crippen LogP contribution in [-0.4, -0.2) is 36.3 Å². The van der Waals surface area contributed by atoms with E-state index in [0.29, 0.717) is 19.5 Å². The Hall–Kier alpha value is -1.84. The van der Waals surface area contributed by atoms with Crippen molar-refractivity contribution in [1.29, 1.82) is 0 Å². The molecule has 0 saturated carbocycles. The van der Waals surface area contributed by atoms with Crippen LogP contribution in [0.2, 0.25) is 0 Å². The van der Waals surface area contributed by atoms with Gasteiger partial charge in [-0.25, -0.2) is 0 Å². The Labute approximate surface area is 145 Å². The number of rotatable bonds is 7. The van der Waals surface area contributed by atoms with Gasteiger partial charge in [-0.05, 0) is 37.3 Å². The zero-order chi connectivity index (χ0) is 17.4. The van der Waals surface area contributed by atoms with Crippen molar-refractivity contribution in [3.8, 4) is 0 Å². The molecular weight excluding hydrogens is 300 g/mol. The predicted molar refractivity (Wildman–Crippen MR) is 96.7 cm³/mol. The quantitative estimate of drug-likeness (QED) is 0.781. The van der Waals surface area contributed by atoms with Gasteiger partial charge in [0.1, 0.15) is 0 Å². The number of hydrogen-bond acceptors (Lipinski definition) is 2. The van der Waals surface area contributed by atoms with Gasteiger partial charge in [-0.3, -0.25) is 9.59 Å². The van der Waals surface area contributed by atoms with Crippen LogP contribution in [0.1, 0.15) is 50.2 Å². The van der Waals surface area contributed by atoms with Gasteiger partial charge in [0, 0.05) is 25.6 Å². The summed E-state index contributed by atoms with van der Waals surface area (Å²) in [4.78, 5) is 26.5. The van der Waals surface area contributed by atoms with Crippen LogP contribution in [0.5, 0.6) is 0 Å². The minimum absolute atomic E-state index is 0.0640. The second-order valence-electron chi connectivity index (χ2n) is 6.76. The molecule has 4 nitrogen and oxygen atoms in total. The first-order chi connectivity index (χ1) is 11.6. The average Bonchev–Trinajstić information content (AvgIpc) is 2.60. The Morgan fingerprint density at radius 3 is 2.54 bits per heavy atom. The summed E-state index contributed by atoms with van der Waals surface area (Å²) < 4.78 is 0. The summed E-state index contributed by atoms with van der Waals surface area (Å²) in [5, 5.41) is 3.04. The Morgan fingerprint density at radius 1 is 1.17 bits per heavy atom. The molecule has 2 amide bonds. The van der Waals surface area contributed by atoms with Crippen molar-refractivity contribution in [2.75, 3.05) is 19.6 Å². The Morgan fingerprint density at radius 2 is 1.88 bits per heavy atom. The number of nitrogens with zero attached hydrogens (tertiary/aromatic N) is 1. The van der Waals surface area contributed by atoms with Crippen molar-refractivity contribution in [3.05, 3.63) is 35.4 Å². The van der Waals surface area contributed by atoms with Crippen LogP contribution in [0.15, 0.2) is 24.3 Å². The van der Waals surface area contributed by atoms with Gasteiger partial charge in [0.05, 0.1) is 6.42 Å². The lowest BCUT2D eigenvalue weighted by atomic mass is 9.95. The summed E-state index contributed by atoms with van der Waals surface area (Å²) in [6.45, 7) is 6.36. The zero-order valence-corrected chi connectivity index (χ0v) is 15.0.